The first-order chi connectivity index (χ1) is 7.75. The summed E-state index contributed by atoms with van der Waals surface area (Å²) in [7, 11) is 0. The van der Waals surface area contributed by atoms with Crippen molar-refractivity contribution in [2.45, 2.75) is 36.1 Å². The van der Waals surface area contributed by atoms with Gasteiger partial charge in [-0.2, -0.15) is 0 Å². The fraction of sp³-hybridized carbons (Fsp3) is 0.667. The highest BCUT2D eigenvalue weighted by Crippen LogP contribution is 2.47. The van der Waals surface area contributed by atoms with Crippen molar-refractivity contribution in [3.63, 3.8) is 0 Å². The van der Waals surface area contributed by atoms with Gasteiger partial charge in [-0.25, -0.2) is 14.4 Å². The fourth-order valence-electron chi connectivity index (χ4n) is 2.25. The minimum Gasteiger partial charge on any atom is -0.480 e. The number of rotatable bonds is 2. The number of hydrogen-bond donors (Lipinski definition) is 3. The van der Waals surface area contributed by atoms with Crippen LogP contribution in [0.2, 0.25) is 0 Å². The maximum absolute atomic E-state index is 11.6. The van der Waals surface area contributed by atoms with Crippen LogP contribution in [0.5, 0.6) is 0 Å². The first-order valence-electron chi connectivity index (χ1n) is 4.98. The van der Waals surface area contributed by atoms with Crippen LogP contribution in [0.3, 0.4) is 0 Å². The number of urea groups is 1. The summed E-state index contributed by atoms with van der Waals surface area (Å²) in [6.07, 6.45) is 0. The van der Waals surface area contributed by atoms with Crippen LogP contribution in [0.15, 0.2) is 0 Å². The molecule has 0 aromatic heterocycles. The molecular formula is C9H12N2O5S. The lowest BCUT2D eigenvalue weighted by atomic mass is 10.0. The van der Waals surface area contributed by atoms with Crippen molar-refractivity contribution >= 4 is 29.7 Å². The van der Waals surface area contributed by atoms with Crippen LogP contribution in [0.25, 0.3) is 0 Å². The quantitative estimate of drug-likeness (QED) is 0.633. The van der Waals surface area contributed by atoms with Gasteiger partial charge in [0.25, 0.3) is 0 Å². The predicted molar refractivity (Wildman–Crippen MR) is 58.7 cm³/mol. The molecule has 0 spiro atoms. The summed E-state index contributed by atoms with van der Waals surface area (Å²) in [5.74, 6) is -2.27. The van der Waals surface area contributed by atoms with E-state index in [1.165, 1.54) is 11.8 Å². The number of carbonyl (C=O) groups is 3. The second-order valence-electron chi connectivity index (χ2n) is 4.53. The first-order valence-corrected chi connectivity index (χ1v) is 5.86. The van der Waals surface area contributed by atoms with Gasteiger partial charge >= 0.3 is 18.0 Å². The van der Waals surface area contributed by atoms with Crippen LogP contribution in [0.1, 0.15) is 13.8 Å². The minimum absolute atomic E-state index is 0.632. The molecule has 2 fully saturated rings. The van der Waals surface area contributed by atoms with E-state index in [1.54, 1.807) is 13.8 Å². The molecule has 2 unspecified atom stereocenters. The first kappa shape index (κ1) is 12.0. The number of fused-ring (bicyclic) bond motifs is 1. The molecule has 3 atom stereocenters. The molecule has 0 aromatic carbocycles. The summed E-state index contributed by atoms with van der Waals surface area (Å²) in [6.45, 7) is 3.39. The molecule has 3 N–H and O–H groups in total. The van der Waals surface area contributed by atoms with E-state index in [-0.39, 0.29) is 0 Å². The van der Waals surface area contributed by atoms with Crippen LogP contribution in [-0.4, -0.2) is 55.3 Å². The Kier molecular flexibility index (Phi) is 2.49. The van der Waals surface area contributed by atoms with Gasteiger partial charge in [-0.05, 0) is 13.8 Å². The zero-order valence-corrected chi connectivity index (χ0v) is 10.0. The third-order valence-corrected chi connectivity index (χ3v) is 4.51. The summed E-state index contributed by atoms with van der Waals surface area (Å²) in [6, 6.07) is -2.70. The topological polar surface area (TPSA) is 107 Å². The normalized spacial score (nSPS) is 34.4. The Balaban J connectivity index is 2.38. The maximum Gasteiger partial charge on any atom is 0.329 e. The standard InChI is InChI=1S/C9H12N2O5S/c1-9(2)4(7(14)15)11-5(17-9)3(6(12)13)10-8(11)16/h3-5H,1-2H3,(H,10,16)(H,12,13)(H,14,15)/t3?,4-,5?/m0/s1. The Morgan fingerprint density at radius 3 is 2.41 bits per heavy atom. The highest BCUT2D eigenvalue weighted by atomic mass is 32.2. The third kappa shape index (κ3) is 1.63. The number of aliphatic carboxylic acids is 2. The Labute approximate surface area is 101 Å². The molecule has 0 saturated carbocycles. The van der Waals surface area contributed by atoms with E-state index < -0.39 is 40.2 Å². The number of hydrogen-bond acceptors (Lipinski definition) is 4. The Morgan fingerprint density at radius 1 is 1.35 bits per heavy atom. The van der Waals surface area contributed by atoms with Crippen molar-refractivity contribution in [2.75, 3.05) is 0 Å². The number of nitrogens with one attached hydrogen (secondary N) is 1. The largest absolute Gasteiger partial charge is 0.480 e. The minimum atomic E-state index is -1.15. The van der Waals surface area contributed by atoms with Gasteiger partial charge < -0.3 is 15.5 Å². The molecule has 2 aliphatic rings. The summed E-state index contributed by atoms with van der Waals surface area (Å²) in [5.41, 5.74) is 0. The SMILES string of the molecule is CC1(C)SC2C(C(=O)O)NC(=O)N2[C@H]1C(=O)O. The molecule has 2 aliphatic heterocycles. The smallest absolute Gasteiger partial charge is 0.329 e. The number of thioether (sulfide) groups is 1. The predicted octanol–water partition coefficient (Wildman–Crippen LogP) is -0.231. The molecule has 0 radical (unpaired) electrons. The highest BCUT2D eigenvalue weighted by molar-refractivity contribution is 8.01. The summed E-state index contributed by atoms with van der Waals surface area (Å²) < 4.78 is -0.706. The van der Waals surface area contributed by atoms with Gasteiger partial charge in [0.2, 0.25) is 0 Å². The number of amides is 2. The van der Waals surface area contributed by atoms with Crippen molar-refractivity contribution in [3.8, 4) is 0 Å². The molecule has 2 amide bonds. The maximum atomic E-state index is 11.6. The molecule has 2 rings (SSSR count). The summed E-state index contributed by atoms with van der Waals surface area (Å²) >= 11 is 1.20. The second kappa shape index (κ2) is 3.52. The van der Waals surface area contributed by atoms with Crippen LogP contribution >= 0.6 is 11.8 Å². The van der Waals surface area contributed by atoms with Crippen LogP contribution in [0.4, 0.5) is 4.79 Å². The van der Waals surface area contributed by atoms with E-state index in [2.05, 4.69) is 5.32 Å². The average molecular weight is 260 g/mol. The molecule has 94 valence electrons. The lowest BCUT2D eigenvalue weighted by molar-refractivity contribution is -0.143. The van der Waals surface area contributed by atoms with E-state index in [4.69, 9.17) is 10.2 Å². The molecular weight excluding hydrogens is 248 g/mol. The van der Waals surface area contributed by atoms with Crippen molar-refractivity contribution in [3.05, 3.63) is 0 Å². The summed E-state index contributed by atoms with van der Waals surface area (Å²) in [5, 5.41) is 19.7. The molecule has 0 aliphatic carbocycles. The monoisotopic (exact) mass is 260 g/mol. The Bertz CT molecular complexity index is 410. The van der Waals surface area contributed by atoms with Gasteiger partial charge in [0.15, 0.2) is 6.04 Å². The van der Waals surface area contributed by atoms with Crippen LogP contribution in [-0.2, 0) is 9.59 Å². The molecule has 17 heavy (non-hydrogen) atoms. The van der Waals surface area contributed by atoms with Crippen LogP contribution < -0.4 is 5.32 Å². The lowest BCUT2D eigenvalue weighted by Gasteiger charge is -2.25. The molecule has 0 bridgehead atoms. The molecule has 0 aromatic rings. The number of carboxylic acid groups (broad SMARTS) is 2. The van der Waals surface area contributed by atoms with Gasteiger partial charge in [0.05, 0.1) is 0 Å². The highest BCUT2D eigenvalue weighted by Gasteiger charge is 2.60. The van der Waals surface area contributed by atoms with Gasteiger partial charge in [0.1, 0.15) is 11.4 Å². The lowest BCUT2D eigenvalue weighted by Crippen LogP contribution is -2.49. The van der Waals surface area contributed by atoms with Gasteiger partial charge in [-0.15, -0.1) is 11.8 Å². The number of carboxylic acids is 2. The van der Waals surface area contributed by atoms with Crippen molar-refractivity contribution in [1.82, 2.24) is 10.2 Å². The zero-order valence-electron chi connectivity index (χ0n) is 9.21. The van der Waals surface area contributed by atoms with Gasteiger partial charge in [-0.1, -0.05) is 0 Å². The van der Waals surface area contributed by atoms with E-state index in [0.717, 1.165) is 4.90 Å². The third-order valence-electron chi connectivity index (χ3n) is 2.93. The Morgan fingerprint density at radius 2 is 1.94 bits per heavy atom. The zero-order chi connectivity index (χ0) is 13.0. The fourth-order valence-corrected chi connectivity index (χ4v) is 3.87. The van der Waals surface area contributed by atoms with Gasteiger partial charge in [0, 0.05) is 4.75 Å². The molecule has 2 heterocycles. The summed E-state index contributed by atoms with van der Waals surface area (Å²) in [4.78, 5) is 34.9. The van der Waals surface area contributed by atoms with E-state index >= 15 is 0 Å². The Hall–Kier alpha value is -1.44. The average Bonchev–Trinajstić information content (AvgIpc) is 2.59. The molecule has 7 nitrogen and oxygen atoms in total. The van der Waals surface area contributed by atoms with Crippen molar-refractivity contribution in [1.29, 1.82) is 0 Å². The van der Waals surface area contributed by atoms with Crippen molar-refractivity contribution in [2.24, 2.45) is 0 Å². The molecule has 2 saturated heterocycles. The van der Waals surface area contributed by atoms with Crippen LogP contribution in [0, 0.1) is 0 Å². The second-order valence-corrected chi connectivity index (χ2v) is 6.30. The van der Waals surface area contributed by atoms with Gasteiger partial charge in [-0.3, -0.25) is 4.90 Å². The van der Waals surface area contributed by atoms with E-state index in [1.807, 2.05) is 0 Å². The number of nitrogens with zero attached hydrogens (tertiary/aromatic N) is 1. The van der Waals surface area contributed by atoms with E-state index in [9.17, 15) is 14.4 Å². The van der Waals surface area contributed by atoms with Crippen molar-refractivity contribution < 1.29 is 24.6 Å². The molecule has 8 heteroatoms. The number of carbonyl (C=O) groups excluding carboxylic acids is 1. The van der Waals surface area contributed by atoms with E-state index in [0.29, 0.717) is 0 Å².